The monoisotopic (exact) mass is 419 g/mol. The molecular formula is C22H21N5O2S. The molecule has 0 aliphatic carbocycles. The largest absolute Gasteiger partial charge is 0.326 e. The molecule has 0 fully saturated rings. The molecule has 0 atom stereocenters. The lowest BCUT2D eigenvalue weighted by Crippen LogP contribution is -2.14. The van der Waals surface area contributed by atoms with Crippen molar-refractivity contribution in [2.24, 2.45) is 0 Å². The minimum absolute atomic E-state index is 0.137. The average molecular weight is 420 g/mol. The molecule has 152 valence electrons. The first-order chi connectivity index (χ1) is 14.4. The van der Waals surface area contributed by atoms with Gasteiger partial charge in [-0.2, -0.15) is 0 Å². The molecule has 2 amide bonds. The molecule has 7 nitrogen and oxygen atoms in total. The number of anilines is 2. The number of nitrogens with one attached hydrogen (secondary N) is 2. The van der Waals surface area contributed by atoms with Crippen LogP contribution >= 0.6 is 11.8 Å². The van der Waals surface area contributed by atoms with E-state index in [1.165, 1.54) is 18.7 Å². The molecule has 0 bridgehead atoms. The summed E-state index contributed by atoms with van der Waals surface area (Å²) in [6.07, 6.45) is 0. The van der Waals surface area contributed by atoms with Crippen molar-refractivity contribution in [3.63, 3.8) is 0 Å². The van der Waals surface area contributed by atoms with Gasteiger partial charge in [0.2, 0.25) is 11.8 Å². The first-order valence-corrected chi connectivity index (χ1v) is 10.5. The number of nitrogens with zero attached hydrogens (tertiary/aromatic N) is 3. The van der Waals surface area contributed by atoms with E-state index in [1.54, 1.807) is 24.3 Å². The van der Waals surface area contributed by atoms with Crippen molar-refractivity contribution in [1.29, 1.82) is 0 Å². The number of hydrogen-bond acceptors (Lipinski definition) is 5. The maximum absolute atomic E-state index is 12.4. The fraction of sp³-hybridized carbons (Fsp3) is 0.182. The normalized spacial score (nSPS) is 11.0. The summed E-state index contributed by atoms with van der Waals surface area (Å²) in [5, 5.41) is 16.0. The Labute approximate surface area is 177 Å². The minimum atomic E-state index is -0.142. The molecule has 0 aliphatic heterocycles. The van der Waals surface area contributed by atoms with Crippen molar-refractivity contribution >= 4 is 51.5 Å². The Hall–Kier alpha value is -3.39. The van der Waals surface area contributed by atoms with Crippen LogP contribution < -0.4 is 10.6 Å². The number of amides is 2. The second kappa shape index (κ2) is 8.16. The summed E-state index contributed by atoms with van der Waals surface area (Å²) in [5.74, 6) is -0.0750. The summed E-state index contributed by atoms with van der Waals surface area (Å²) in [5.41, 5.74) is 5.46. The van der Waals surface area contributed by atoms with Crippen molar-refractivity contribution in [3.8, 4) is 0 Å². The van der Waals surface area contributed by atoms with E-state index in [0.29, 0.717) is 16.5 Å². The third-order valence-electron chi connectivity index (χ3n) is 4.71. The molecule has 0 unspecified atom stereocenters. The predicted molar refractivity (Wildman–Crippen MR) is 120 cm³/mol. The SMILES string of the molecule is CC(=O)Nc1ccc(NC(=O)CSc2nnc3cc(C)c4cccc(C)c4n23)cc1. The van der Waals surface area contributed by atoms with Crippen LogP contribution in [0.15, 0.2) is 53.7 Å². The fourth-order valence-electron chi connectivity index (χ4n) is 3.39. The second-order valence-corrected chi connectivity index (χ2v) is 8.01. The van der Waals surface area contributed by atoms with Crippen molar-refractivity contribution < 1.29 is 9.59 Å². The van der Waals surface area contributed by atoms with Crippen LogP contribution in [-0.2, 0) is 9.59 Å². The van der Waals surface area contributed by atoms with Gasteiger partial charge < -0.3 is 10.6 Å². The summed E-state index contributed by atoms with van der Waals surface area (Å²) in [4.78, 5) is 23.5. The van der Waals surface area contributed by atoms with Gasteiger partial charge in [0, 0.05) is 23.7 Å². The number of hydrogen-bond donors (Lipinski definition) is 2. The zero-order valence-electron chi connectivity index (χ0n) is 16.9. The highest BCUT2D eigenvalue weighted by Gasteiger charge is 2.14. The maximum atomic E-state index is 12.4. The lowest BCUT2D eigenvalue weighted by Gasteiger charge is -2.10. The molecule has 0 saturated heterocycles. The topological polar surface area (TPSA) is 88.4 Å². The summed E-state index contributed by atoms with van der Waals surface area (Å²) in [7, 11) is 0. The number of fused-ring (bicyclic) bond motifs is 3. The van der Waals surface area contributed by atoms with Gasteiger partial charge in [0.1, 0.15) is 0 Å². The zero-order chi connectivity index (χ0) is 21.3. The van der Waals surface area contributed by atoms with Crippen LogP contribution in [0.4, 0.5) is 11.4 Å². The van der Waals surface area contributed by atoms with Crippen molar-refractivity contribution in [2.45, 2.75) is 25.9 Å². The molecule has 30 heavy (non-hydrogen) atoms. The summed E-state index contributed by atoms with van der Waals surface area (Å²) < 4.78 is 2.01. The number of carbonyl (C=O) groups is 2. The van der Waals surface area contributed by atoms with Crippen LogP contribution in [0.3, 0.4) is 0 Å². The average Bonchev–Trinajstić information content (AvgIpc) is 3.10. The van der Waals surface area contributed by atoms with Gasteiger partial charge in [-0.1, -0.05) is 30.0 Å². The lowest BCUT2D eigenvalue weighted by molar-refractivity contribution is -0.114. The van der Waals surface area contributed by atoms with E-state index in [-0.39, 0.29) is 17.6 Å². The van der Waals surface area contributed by atoms with Crippen LogP contribution in [0.1, 0.15) is 18.1 Å². The molecule has 2 aromatic heterocycles. The number of aryl methyl sites for hydroxylation is 2. The molecule has 0 saturated carbocycles. The van der Waals surface area contributed by atoms with Gasteiger partial charge in [-0.05, 0) is 55.3 Å². The van der Waals surface area contributed by atoms with E-state index in [2.05, 4.69) is 46.8 Å². The molecule has 2 heterocycles. The van der Waals surface area contributed by atoms with Crippen LogP contribution in [0.25, 0.3) is 16.6 Å². The van der Waals surface area contributed by atoms with E-state index in [9.17, 15) is 9.59 Å². The number of pyridine rings is 1. The van der Waals surface area contributed by atoms with Crippen molar-refractivity contribution in [1.82, 2.24) is 14.6 Å². The number of rotatable bonds is 5. The molecule has 4 rings (SSSR count). The van der Waals surface area contributed by atoms with Gasteiger partial charge in [-0.3, -0.25) is 14.0 Å². The van der Waals surface area contributed by atoms with Crippen LogP contribution in [0, 0.1) is 13.8 Å². The molecule has 2 N–H and O–H groups in total. The predicted octanol–water partition coefficient (Wildman–Crippen LogP) is 4.19. The zero-order valence-corrected chi connectivity index (χ0v) is 17.7. The van der Waals surface area contributed by atoms with E-state index in [0.717, 1.165) is 27.7 Å². The Bertz CT molecular complexity index is 1260. The molecule has 2 aromatic carbocycles. The first-order valence-electron chi connectivity index (χ1n) is 9.47. The lowest BCUT2D eigenvalue weighted by atomic mass is 10.1. The second-order valence-electron chi connectivity index (χ2n) is 7.07. The fourth-order valence-corrected chi connectivity index (χ4v) is 4.14. The van der Waals surface area contributed by atoms with Gasteiger partial charge in [0.15, 0.2) is 10.8 Å². The third kappa shape index (κ3) is 3.99. The Morgan fingerprint density at radius 1 is 0.967 bits per heavy atom. The Morgan fingerprint density at radius 3 is 2.37 bits per heavy atom. The Balaban J connectivity index is 1.51. The molecule has 0 spiro atoms. The summed E-state index contributed by atoms with van der Waals surface area (Å²) in [6.45, 7) is 5.58. The van der Waals surface area contributed by atoms with E-state index in [4.69, 9.17) is 0 Å². The Kier molecular flexibility index (Phi) is 5.41. The number of benzene rings is 2. The molecular weight excluding hydrogens is 398 g/mol. The molecule has 0 radical (unpaired) electrons. The molecule has 8 heteroatoms. The highest BCUT2D eigenvalue weighted by Crippen LogP contribution is 2.28. The quantitative estimate of drug-likeness (QED) is 0.474. The molecule has 0 aliphatic rings. The van der Waals surface area contributed by atoms with Crippen LogP contribution in [0.2, 0.25) is 0 Å². The number of carbonyl (C=O) groups excluding carboxylic acids is 2. The number of aromatic nitrogens is 3. The van der Waals surface area contributed by atoms with E-state index < -0.39 is 0 Å². The minimum Gasteiger partial charge on any atom is -0.326 e. The highest BCUT2D eigenvalue weighted by molar-refractivity contribution is 7.99. The number of para-hydroxylation sites is 1. The first kappa shape index (κ1) is 19.9. The summed E-state index contributed by atoms with van der Waals surface area (Å²) >= 11 is 1.35. The smallest absolute Gasteiger partial charge is 0.234 e. The summed E-state index contributed by atoms with van der Waals surface area (Å²) in [6, 6.07) is 15.2. The van der Waals surface area contributed by atoms with Gasteiger partial charge in [0.25, 0.3) is 0 Å². The Morgan fingerprint density at radius 2 is 1.67 bits per heavy atom. The maximum Gasteiger partial charge on any atom is 0.234 e. The van der Waals surface area contributed by atoms with Gasteiger partial charge in [-0.25, -0.2) is 0 Å². The van der Waals surface area contributed by atoms with E-state index in [1.807, 2.05) is 16.5 Å². The van der Waals surface area contributed by atoms with Gasteiger partial charge >= 0.3 is 0 Å². The number of thioether (sulfide) groups is 1. The van der Waals surface area contributed by atoms with Crippen LogP contribution in [0.5, 0.6) is 0 Å². The highest BCUT2D eigenvalue weighted by atomic mass is 32.2. The van der Waals surface area contributed by atoms with Crippen LogP contribution in [-0.4, -0.2) is 32.2 Å². The van der Waals surface area contributed by atoms with Gasteiger partial charge in [0.05, 0.1) is 11.3 Å². The van der Waals surface area contributed by atoms with Crippen molar-refractivity contribution in [3.05, 3.63) is 59.7 Å². The standard InChI is InChI=1S/C22H21N5O2S/c1-13-5-4-6-18-14(2)11-19-25-26-22(27(19)21(13)18)30-12-20(29)24-17-9-7-16(8-10-17)23-15(3)28/h4-11H,12H2,1-3H3,(H,23,28)(H,24,29). The third-order valence-corrected chi connectivity index (χ3v) is 5.64. The molecule has 4 aromatic rings. The van der Waals surface area contributed by atoms with Gasteiger partial charge in [-0.15, -0.1) is 10.2 Å². The van der Waals surface area contributed by atoms with E-state index >= 15 is 0 Å². The van der Waals surface area contributed by atoms with Crippen molar-refractivity contribution in [2.75, 3.05) is 16.4 Å².